The summed E-state index contributed by atoms with van der Waals surface area (Å²) in [5.74, 6) is -1.33. The smallest absolute Gasteiger partial charge is 0.330 e. The number of benzene rings is 2. The van der Waals surface area contributed by atoms with Gasteiger partial charge in [0.05, 0.1) is 12.5 Å². The van der Waals surface area contributed by atoms with E-state index in [2.05, 4.69) is 10.6 Å². The van der Waals surface area contributed by atoms with Crippen LogP contribution in [0.15, 0.2) is 54.6 Å². The number of nitrogens with one attached hydrogen (secondary N) is 2. The van der Waals surface area contributed by atoms with Crippen molar-refractivity contribution in [1.82, 2.24) is 0 Å². The molecule has 0 fully saturated rings. The van der Waals surface area contributed by atoms with Gasteiger partial charge in [0.2, 0.25) is 11.8 Å². The zero-order valence-electron chi connectivity index (χ0n) is 14.9. The van der Waals surface area contributed by atoms with Crippen molar-refractivity contribution >= 4 is 35.2 Å². The zero-order chi connectivity index (χ0) is 19.2. The first kappa shape index (κ1) is 18.4. The molecule has 1 aliphatic heterocycles. The lowest BCUT2D eigenvalue weighted by molar-refractivity contribution is -0.137. The Morgan fingerprint density at radius 1 is 1.19 bits per heavy atom. The Balaban J connectivity index is 1.68. The summed E-state index contributed by atoms with van der Waals surface area (Å²) in [5, 5.41) is 5.63. The molecule has 0 radical (unpaired) electrons. The Kier molecular flexibility index (Phi) is 5.66. The molecule has 2 aromatic rings. The molecule has 0 aromatic heterocycles. The van der Waals surface area contributed by atoms with Gasteiger partial charge in [-0.2, -0.15) is 0 Å². The molecule has 0 spiro atoms. The van der Waals surface area contributed by atoms with E-state index in [1.807, 2.05) is 18.2 Å². The number of esters is 1. The van der Waals surface area contributed by atoms with Gasteiger partial charge in [0.15, 0.2) is 0 Å². The fraction of sp³-hybridized carbons (Fsp3) is 0.190. The third-order valence-corrected chi connectivity index (χ3v) is 4.19. The molecule has 1 aliphatic rings. The van der Waals surface area contributed by atoms with E-state index in [9.17, 15) is 14.4 Å². The molecule has 138 valence electrons. The maximum Gasteiger partial charge on any atom is 0.330 e. The molecule has 1 atom stereocenters. The summed E-state index contributed by atoms with van der Waals surface area (Å²) in [6, 6.07) is 14.4. The largest absolute Gasteiger partial charge is 0.463 e. The fourth-order valence-corrected chi connectivity index (χ4v) is 2.91. The molecule has 1 heterocycles. The van der Waals surface area contributed by atoms with Crippen LogP contribution in [0.3, 0.4) is 0 Å². The topological polar surface area (TPSA) is 84.5 Å². The highest BCUT2D eigenvalue weighted by Crippen LogP contribution is 2.32. The first-order valence-corrected chi connectivity index (χ1v) is 8.71. The van der Waals surface area contributed by atoms with Gasteiger partial charge in [0.1, 0.15) is 0 Å². The monoisotopic (exact) mass is 364 g/mol. The van der Waals surface area contributed by atoms with Gasteiger partial charge >= 0.3 is 5.97 Å². The second-order valence-corrected chi connectivity index (χ2v) is 6.09. The standard InChI is InChI=1S/C21H20N2O4/c1-2-27-20(25)12-9-14-7-10-15(11-8-14)22-21(26)17-13-19(24)23-18-6-4-3-5-16(17)18/h3-12,17H,2,13H2,1H3,(H,22,26)(H,23,24). The molecule has 6 nitrogen and oxygen atoms in total. The molecule has 27 heavy (non-hydrogen) atoms. The van der Waals surface area contributed by atoms with Gasteiger partial charge in [0, 0.05) is 23.9 Å². The lowest BCUT2D eigenvalue weighted by atomic mass is 9.90. The number of hydrogen-bond acceptors (Lipinski definition) is 4. The highest BCUT2D eigenvalue weighted by Gasteiger charge is 2.30. The minimum atomic E-state index is -0.529. The Morgan fingerprint density at radius 2 is 1.93 bits per heavy atom. The third-order valence-electron chi connectivity index (χ3n) is 4.19. The Morgan fingerprint density at radius 3 is 2.67 bits per heavy atom. The summed E-state index contributed by atoms with van der Waals surface area (Å²) in [7, 11) is 0. The average Bonchev–Trinajstić information content (AvgIpc) is 2.67. The SMILES string of the molecule is CCOC(=O)C=Cc1ccc(NC(=O)C2CC(=O)Nc3ccccc32)cc1. The molecule has 1 unspecified atom stereocenters. The number of hydrogen-bond donors (Lipinski definition) is 2. The second kappa shape index (κ2) is 8.31. The van der Waals surface area contributed by atoms with Crippen LogP contribution in [-0.2, 0) is 19.1 Å². The van der Waals surface area contributed by atoms with Crippen molar-refractivity contribution in [3.8, 4) is 0 Å². The Bertz CT molecular complexity index is 887. The molecule has 2 N–H and O–H groups in total. The second-order valence-electron chi connectivity index (χ2n) is 6.09. The minimum absolute atomic E-state index is 0.114. The number of para-hydroxylation sites is 1. The van der Waals surface area contributed by atoms with E-state index in [4.69, 9.17) is 4.74 Å². The summed E-state index contributed by atoms with van der Waals surface area (Å²) in [6.07, 6.45) is 3.11. The quantitative estimate of drug-likeness (QED) is 0.630. The molecule has 0 bridgehead atoms. The number of carbonyl (C=O) groups is 3. The average molecular weight is 364 g/mol. The number of rotatable bonds is 5. The maximum atomic E-state index is 12.7. The highest BCUT2D eigenvalue weighted by molar-refractivity contribution is 6.05. The van der Waals surface area contributed by atoms with Crippen LogP contribution >= 0.6 is 0 Å². The third kappa shape index (κ3) is 4.61. The molecule has 0 saturated carbocycles. The van der Waals surface area contributed by atoms with Crippen molar-refractivity contribution in [3.63, 3.8) is 0 Å². The van der Waals surface area contributed by atoms with Crippen LogP contribution in [0.1, 0.15) is 30.4 Å². The predicted octanol–water partition coefficient (Wildman–Crippen LogP) is 3.33. The first-order chi connectivity index (χ1) is 13.1. The Hall–Kier alpha value is -3.41. The van der Waals surface area contributed by atoms with Crippen molar-refractivity contribution < 1.29 is 19.1 Å². The van der Waals surface area contributed by atoms with Crippen molar-refractivity contribution in [3.05, 3.63) is 65.7 Å². The molecule has 2 aromatic carbocycles. The van der Waals surface area contributed by atoms with Gasteiger partial charge in [-0.15, -0.1) is 0 Å². The van der Waals surface area contributed by atoms with E-state index in [1.54, 1.807) is 43.3 Å². The normalized spacial score (nSPS) is 15.7. The Labute approximate surface area is 157 Å². The molecular weight excluding hydrogens is 344 g/mol. The van der Waals surface area contributed by atoms with Gasteiger partial charge in [-0.3, -0.25) is 9.59 Å². The summed E-state index contributed by atoms with van der Waals surface area (Å²) < 4.78 is 4.83. The summed E-state index contributed by atoms with van der Waals surface area (Å²) in [5.41, 5.74) is 2.91. The highest BCUT2D eigenvalue weighted by atomic mass is 16.5. The summed E-state index contributed by atoms with van der Waals surface area (Å²) in [4.78, 5) is 35.9. The van der Waals surface area contributed by atoms with E-state index < -0.39 is 11.9 Å². The van der Waals surface area contributed by atoms with Crippen molar-refractivity contribution in [2.24, 2.45) is 0 Å². The molecule has 3 rings (SSSR count). The van der Waals surface area contributed by atoms with E-state index in [1.165, 1.54) is 6.08 Å². The maximum absolute atomic E-state index is 12.7. The van der Waals surface area contributed by atoms with Crippen LogP contribution in [0.2, 0.25) is 0 Å². The summed E-state index contributed by atoms with van der Waals surface area (Å²) >= 11 is 0. The van der Waals surface area contributed by atoms with E-state index in [0.29, 0.717) is 18.0 Å². The number of amides is 2. The zero-order valence-corrected chi connectivity index (χ0v) is 14.9. The number of carbonyl (C=O) groups excluding carboxylic acids is 3. The lowest BCUT2D eigenvalue weighted by Gasteiger charge is -2.24. The number of anilines is 2. The predicted molar refractivity (Wildman–Crippen MR) is 103 cm³/mol. The lowest BCUT2D eigenvalue weighted by Crippen LogP contribution is -2.30. The van der Waals surface area contributed by atoms with E-state index in [-0.39, 0.29) is 18.2 Å². The van der Waals surface area contributed by atoms with E-state index in [0.717, 1.165) is 11.1 Å². The van der Waals surface area contributed by atoms with Gasteiger partial charge in [-0.25, -0.2) is 4.79 Å². The van der Waals surface area contributed by atoms with Crippen molar-refractivity contribution in [1.29, 1.82) is 0 Å². The number of ether oxygens (including phenoxy) is 1. The fourth-order valence-electron chi connectivity index (χ4n) is 2.91. The minimum Gasteiger partial charge on any atom is -0.463 e. The van der Waals surface area contributed by atoms with Crippen LogP contribution in [0.25, 0.3) is 6.08 Å². The van der Waals surface area contributed by atoms with Gasteiger partial charge < -0.3 is 15.4 Å². The molecule has 2 amide bonds. The van der Waals surface area contributed by atoms with E-state index >= 15 is 0 Å². The van der Waals surface area contributed by atoms with Gasteiger partial charge in [-0.05, 0) is 42.3 Å². The van der Waals surface area contributed by atoms with Crippen molar-refractivity contribution in [2.45, 2.75) is 19.3 Å². The number of fused-ring (bicyclic) bond motifs is 1. The van der Waals surface area contributed by atoms with Crippen molar-refractivity contribution in [2.75, 3.05) is 17.2 Å². The molecule has 6 heteroatoms. The van der Waals surface area contributed by atoms with Gasteiger partial charge in [0.25, 0.3) is 0 Å². The first-order valence-electron chi connectivity index (χ1n) is 8.71. The van der Waals surface area contributed by atoms with Crippen LogP contribution in [0, 0.1) is 0 Å². The molecular formula is C21H20N2O4. The molecule has 0 aliphatic carbocycles. The van der Waals surface area contributed by atoms with Crippen LogP contribution in [-0.4, -0.2) is 24.4 Å². The van der Waals surface area contributed by atoms with Crippen LogP contribution in [0.4, 0.5) is 11.4 Å². The van der Waals surface area contributed by atoms with Crippen LogP contribution < -0.4 is 10.6 Å². The van der Waals surface area contributed by atoms with Gasteiger partial charge in [-0.1, -0.05) is 30.3 Å². The van der Waals surface area contributed by atoms with Crippen LogP contribution in [0.5, 0.6) is 0 Å². The summed E-state index contributed by atoms with van der Waals surface area (Å²) in [6.45, 7) is 2.08. The molecule has 0 saturated heterocycles.